The summed E-state index contributed by atoms with van der Waals surface area (Å²) < 4.78 is 0. The second-order valence-electron chi connectivity index (χ2n) is 7.28. The molecule has 0 bridgehead atoms. The summed E-state index contributed by atoms with van der Waals surface area (Å²) in [5, 5.41) is 3.05. The van der Waals surface area contributed by atoms with Crippen molar-refractivity contribution in [1.82, 2.24) is 10.2 Å². The Morgan fingerprint density at radius 1 is 1.17 bits per heavy atom. The van der Waals surface area contributed by atoms with E-state index in [1.165, 1.54) is 0 Å². The van der Waals surface area contributed by atoms with Gasteiger partial charge in [-0.25, -0.2) is 0 Å². The second-order valence-corrected chi connectivity index (χ2v) is 7.28. The van der Waals surface area contributed by atoms with E-state index in [1.54, 1.807) is 12.1 Å². The number of benzene rings is 1. The number of carbonyl (C=O) groups excluding carboxylic acids is 2. The van der Waals surface area contributed by atoms with Gasteiger partial charge in [0.1, 0.15) is 0 Å². The molecule has 1 saturated heterocycles. The van der Waals surface area contributed by atoms with Crippen LogP contribution < -0.4 is 11.1 Å². The van der Waals surface area contributed by atoms with Gasteiger partial charge in [0.2, 0.25) is 5.91 Å². The number of nitrogens with one attached hydrogen (secondary N) is 1. The fraction of sp³-hybridized carbons (Fsp3) is 0.556. The lowest BCUT2D eigenvalue weighted by molar-refractivity contribution is -0.136. The van der Waals surface area contributed by atoms with Gasteiger partial charge in [-0.2, -0.15) is 0 Å². The van der Waals surface area contributed by atoms with Gasteiger partial charge < -0.3 is 16.0 Å². The van der Waals surface area contributed by atoms with Gasteiger partial charge in [-0.3, -0.25) is 9.59 Å². The molecule has 1 aliphatic heterocycles. The Morgan fingerprint density at radius 2 is 1.71 bits per heavy atom. The molecule has 134 valence electrons. The average molecular weight is 354 g/mol. The zero-order valence-corrected chi connectivity index (χ0v) is 15.4. The minimum atomic E-state index is -0.488. The highest BCUT2D eigenvalue weighted by atomic mass is 35.5. The Labute approximate surface area is 150 Å². The number of rotatable bonds is 3. The quantitative estimate of drug-likeness (QED) is 0.874. The molecule has 0 spiro atoms. The van der Waals surface area contributed by atoms with Crippen molar-refractivity contribution in [2.75, 3.05) is 13.1 Å². The molecule has 2 amide bonds. The molecule has 6 heteroatoms. The maximum Gasteiger partial charge on any atom is 0.251 e. The summed E-state index contributed by atoms with van der Waals surface area (Å²) in [5.74, 6) is -0.0490. The molecule has 24 heavy (non-hydrogen) atoms. The highest BCUT2D eigenvalue weighted by Crippen LogP contribution is 2.21. The molecule has 1 aromatic rings. The topological polar surface area (TPSA) is 75.4 Å². The zero-order chi connectivity index (χ0) is 17.0. The summed E-state index contributed by atoms with van der Waals surface area (Å²) in [6.45, 7) is 7.21. The standard InChI is InChI=1S/C18H27N3O2.ClH/c1-18(2,3)15(19)17(23)21-11-9-14(10-12-21)20-16(22)13-7-5-4-6-8-13;/h4-8,14-15H,9-12,19H2,1-3H3,(H,20,22);1H. The van der Waals surface area contributed by atoms with Crippen LogP contribution in [0.25, 0.3) is 0 Å². The first-order valence-corrected chi connectivity index (χ1v) is 8.19. The molecule has 1 aromatic carbocycles. The molecule has 3 N–H and O–H groups in total. The number of hydrogen-bond donors (Lipinski definition) is 2. The summed E-state index contributed by atoms with van der Waals surface area (Å²) >= 11 is 0. The number of nitrogens with zero attached hydrogens (tertiary/aromatic N) is 1. The molecule has 0 aromatic heterocycles. The van der Waals surface area contributed by atoms with E-state index in [0.717, 1.165) is 12.8 Å². The van der Waals surface area contributed by atoms with Gasteiger partial charge in [-0.1, -0.05) is 39.0 Å². The summed E-state index contributed by atoms with van der Waals surface area (Å²) in [6, 6.07) is 8.82. The van der Waals surface area contributed by atoms with Crippen LogP contribution in [0.2, 0.25) is 0 Å². The Bertz CT molecular complexity index is 549. The van der Waals surface area contributed by atoms with E-state index in [4.69, 9.17) is 5.73 Å². The van der Waals surface area contributed by atoms with Crippen LogP contribution in [0.15, 0.2) is 30.3 Å². The fourth-order valence-corrected chi connectivity index (χ4v) is 2.67. The zero-order valence-electron chi connectivity index (χ0n) is 14.6. The smallest absolute Gasteiger partial charge is 0.251 e. The Kier molecular flexibility index (Phi) is 7.24. The Hall–Kier alpha value is -1.59. The lowest BCUT2D eigenvalue weighted by Crippen LogP contribution is -2.54. The first kappa shape index (κ1) is 20.5. The van der Waals surface area contributed by atoms with Crippen LogP contribution in [0, 0.1) is 5.41 Å². The monoisotopic (exact) mass is 353 g/mol. The third-order valence-electron chi connectivity index (χ3n) is 4.38. The van der Waals surface area contributed by atoms with Gasteiger partial charge in [-0.05, 0) is 30.4 Å². The minimum absolute atomic E-state index is 0. The first-order chi connectivity index (χ1) is 10.8. The van der Waals surface area contributed by atoms with Crippen LogP contribution >= 0.6 is 12.4 Å². The molecular formula is C18H28ClN3O2. The largest absolute Gasteiger partial charge is 0.349 e. The number of halogens is 1. The summed E-state index contributed by atoms with van der Waals surface area (Å²) in [6.07, 6.45) is 1.53. The normalized spacial score (nSPS) is 16.9. The molecule has 5 nitrogen and oxygen atoms in total. The number of amides is 2. The maximum atomic E-state index is 12.4. The van der Waals surface area contributed by atoms with Crippen molar-refractivity contribution in [3.8, 4) is 0 Å². The molecule has 0 aliphatic carbocycles. The van der Waals surface area contributed by atoms with Gasteiger partial charge in [0.15, 0.2) is 0 Å². The van der Waals surface area contributed by atoms with E-state index in [9.17, 15) is 9.59 Å². The van der Waals surface area contributed by atoms with Crippen molar-refractivity contribution in [2.45, 2.75) is 45.7 Å². The lowest BCUT2D eigenvalue weighted by atomic mass is 9.86. The first-order valence-electron chi connectivity index (χ1n) is 8.19. The van der Waals surface area contributed by atoms with Gasteiger partial charge >= 0.3 is 0 Å². The highest BCUT2D eigenvalue weighted by molar-refractivity contribution is 5.94. The van der Waals surface area contributed by atoms with Crippen molar-refractivity contribution in [2.24, 2.45) is 11.1 Å². The molecule has 1 unspecified atom stereocenters. The summed E-state index contributed by atoms with van der Waals surface area (Å²) in [7, 11) is 0. The fourth-order valence-electron chi connectivity index (χ4n) is 2.67. The van der Waals surface area contributed by atoms with E-state index < -0.39 is 6.04 Å². The molecule has 1 fully saturated rings. The van der Waals surface area contributed by atoms with Crippen LogP contribution in [0.5, 0.6) is 0 Å². The highest BCUT2D eigenvalue weighted by Gasteiger charge is 2.33. The van der Waals surface area contributed by atoms with Gasteiger partial charge in [0.05, 0.1) is 6.04 Å². The number of piperidine rings is 1. The van der Waals surface area contributed by atoms with Crippen LogP contribution in [-0.2, 0) is 4.79 Å². The van der Waals surface area contributed by atoms with Crippen LogP contribution in [0.1, 0.15) is 44.0 Å². The van der Waals surface area contributed by atoms with E-state index in [-0.39, 0.29) is 35.7 Å². The van der Waals surface area contributed by atoms with Crippen molar-refractivity contribution < 1.29 is 9.59 Å². The lowest BCUT2D eigenvalue weighted by Gasteiger charge is -2.36. The number of nitrogens with two attached hydrogens (primary N) is 1. The van der Waals surface area contributed by atoms with Crippen LogP contribution in [-0.4, -0.2) is 41.9 Å². The number of likely N-dealkylation sites (tertiary alicyclic amines) is 1. The molecular weight excluding hydrogens is 326 g/mol. The summed E-state index contributed by atoms with van der Waals surface area (Å²) in [5.41, 5.74) is 6.48. The maximum absolute atomic E-state index is 12.4. The van der Waals surface area contributed by atoms with Crippen LogP contribution in [0.3, 0.4) is 0 Å². The SMILES string of the molecule is CC(C)(C)C(N)C(=O)N1CCC(NC(=O)c2ccccc2)CC1.Cl. The summed E-state index contributed by atoms with van der Waals surface area (Å²) in [4.78, 5) is 26.4. The van der Waals surface area contributed by atoms with Crippen molar-refractivity contribution in [3.63, 3.8) is 0 Å². The molecule has 0 saturated carbocycles. The molecule has 1 aliphatic rings. The molecule has 1 atom stereocenters. The molecule has 1 heterocycles. The van der Waals surface area contributed by atoms with Crippen molar-refractivity contribution >= 4 is 24.2 Å². The van der Waals surface area contributed by atoms with E-state index >= 15 is 0 Å². The molecule has 0 radical (unpaired) electrons. The van der Waals surface area contributed by atoms with E-state index in [1.807, 2.05) is 43.9 Å². The minimum Gasteiger partial charge on any atom is -0.349 e. The van der Waals surface area contributed by atoms with Crippen molar-refractivity contribution in [3.05, 3.63) is 35.9 Å². The Balaban J connectivity index is 0.00000288. The van der Waals surface area contributed by atoms with Crippen molar-refractivity contribution in [1.29, 1.82) is 0 Å². The predicted octanol–water partition coefficient (Wildman–Crippen LogP) is 2.20. The second kappa shape index (κ2) is 8.49. The van der Waals surface area contributed by atoms with E-state index in [2.05, 4.69) is 5.32 Å². The average Bonchev–Trinajstić information content (AvgIpc) is 2.54. The molecule has 2 rings (SSSR count). The number of carbonyl (C=O) groups is 2. The predicted molar refractivity (Wildman–Crippen MR) is 98.2 cm³/mol. The third-order valence-corrected chi connectivity index (χ3v) is 4.38. The number of hydrogen-bond acceptors (Lipinski definition) is 3. The van der Waals surface area contributed by atoms with E-state index in [0.29, 0.717) is 18.7 Å². The Morgan fingerprint density at radius 3 is 2.21 bits per heavy atom. The third kappa shape index (κ3) is 5.21. The van der Waals surface area contributed by atoms with Crippen LogP contribution in [0.4, 0.5) is 0 Å². The van der Waals surface area contributed by atoms with Gasteiger partial charge in [0, 0.05) is 24.7 Å². The van der Waals surface area contributed by atoms with Gasteiger partial charge in [0.25, 0.3) is 5.91 Å². The van der Waals surface area contributed by atoms with Gasteiger partial charge in [-0.15, -0.1) is 12.4 Å².